The van der Waals surface area contributed by atoms with Crippen molar-refractivity contribution in [2.45, 2.75) is 6.92 Å². The summed E-state index contributed by atoms with van der Waals surface area (Å²) in [6.45, 7) is 5.83. The van der Waals surface area contributed by atoms with Gasteiger partial charge >= 0.3 is 0 Å². The fourth-order valence-electron chi connectivity index (χ4n) is 0.723. The lowest BCUT2D eigenvalue weighted by atomic mass is 10.1. The SMILES string of the molecule is C=C(C)c1ccccc1.COC.II. The van der Waals surface area contributed by atoms with Gasteiger partial charge in [-0.1, -0.05) is 42.5 Å². The van der Waals surface area contributed by atoms with Crippen LogP contribution in [-0.2, 0) is 4.74 Å². The molecular formula is C11H16I2O. The van der Waals surface area contributed by atoms with Gasteiger partial charge in [-0.15, -0.1) is 0 Å². The quantitative estimate of drug-likeness (QED) is 0.599. The molecular weight excluding hydrogens is 402 g/mol. The number of rotatable bonds is 1. The van der Waals surface area contributed by atoms with Crippen LogP contribution in [0.5, 0.6) is 0 Å². The Hall–Kier alpha value is 0.380. The van der Waals surface area contributed by atoms with E-state index >= 15 is 0 Å². The molecule has 0 radical (unpaired) electrons. The highest BCUT2D eigenvalue weighted by atomic mass is 128. The topological polar surface area (TPSA) is 9.23 Å². The van der Waals surface area contributed by atoms with Crippen LogP contribution in [0.15, 0.2) is 36.9 Å². The predicted molar refractivity (Wildman–Crippen MR) is 82.1 cm³/mol. The number of methoxy groups -OCH3 is 1. The maximum Gasteiger partial charge on any atom is 0.0351 e. The summed E-state index contributed by atoms with van der Waals surface area (Å²) in [4.78, 5) is 0. The Kier molecular flexibility index (Phi) is 16.1. The minimum absolute atomic E-state index is 1.12. The Morgan fingerprint density at radius 2 is 1.50 bits per heavy atom. The highest BCUT2D eigenvalue weighted by Crippen LogP contribution is 2.08. The van der Waals surface area contributed by atoms with Crippen LogP contribution in [0, 0.1) is 0 Å². The van der Waals surface area contributed by atoms with E-state index in [9.17, 15) is 0 Å². The molecule has 0 aliphatic rings. The van der Waals surface area contributed by atoms with E-state index in [-0.39, 0.29) is 0 Å². The first kappa shape index (κ1) is 16.8. The summed E-state index contributed by atoms with van der Waals surface area (Å²) < 4.78 is 4.25. The zero-order valence-electron chi connectivity index (χ0n) is 8.76. The molecule has 14 heavy (non-hydrogen) atoms. The molecule has 0 amide bonds. The van der Waals surface area contributed by atoms with Gasteiger partial charge in [-0.3, -0.25) is 0 Å². The first-order chi connectivity index (χ1) is 6.72. The highest BCUT2D eigenvalue weighted by Gasteiger charge is 1.86. The van der Waals surface area contributed by atoms with Gasteiger partial charge in [0.2, 0.25) is 0 Å². The molecule has 1 aromatic carbocycles. The molecule has 0 fully saturated rings. The van der Waals surface area contributed by atoms with Crippen molar-refractivity contribution in [2.24, 2.45) is 0 Å². The summed E-state index contributed by atoms with van der Waals surface area (Å²) in [5.74, 6) is 0. The molecule has 0 atom stereocenters. The van der Waals surface area contributed by atoms with Crippen molar-refractivity contribution in [2.75, 3.05) is 14.2 Å². The van der Waals surface area contributed by atoms with Crippen molar-refractivity contribution in [1.29, 1.82) is 0 Å². The molecule has 1 aromatic rings. The maximum absolute atomic E-state index is 4.25. The molecule has 0 saturated heterocycles. The van der Waals surface area contributed by atoms with Crippen molar-refractivity contribution < 1.29 is 4.74 Å². The van der Waals surface area contributed by atoms with Crippen LogP contribution in [0.25, 0.3) is 5.57 Å². The van der Waals surface area contributed by atoms with E-state index in [4.69, 9.17) is 0 Å². The molecule has 0 saturated carbocycles. The summed E-state index contributed by atoms with van der Waals surface area (Å²) >= 11 is 4.24. The van der Waals surface area contributed by atoms with Gasteiger partial charge in [0, 0.05) is 51.5 Å². The third-order valence-corrected chi connectivity index (χ3v) is 1.27. The molecule has 0 aliphatic carbocycles. The second-order valence-corrected chi connectivity index (χ2v) is 2.55. The van der Waals surface area contributed by atoms with Gasteiger partial charge in [0.1, 0.15) is 0 Å². The molecule has 0 N–H and O–H groups in total. The van der Waals surface area contributed by atoms with Crippen molar-refractivity contribution in [1.82, 2.24) is 0 Å². The van der Waals surface area contributed by atoms with E-state index in [2.05, 4.69) is 60.7 Å². The molecule has 0 unspecified atom stereocenters. The lowest BCUT2D eigenvalue weighted by Gasteiger charge is -1.94. The van der Waals surface area contributed by atoms with E-state index < -0.39 is 0 Å². The maximum atomic E-state index is 4.25. The van der Waals surface area contributed by atoms with E-state index in [0.717, 1.165) is 5.57 Å². The van der Waals surface area contributed by atoms with Crippen molar-refractivity contribution in [3.63, 3.8) is 0 Å². The fraction of sp³-hybridized carbons (Fsp3) is 0.273. The first-order valence-corrected chi connectivity index (χ1v) is 10.3. The number of halogens is 2. The second kappa shape index (κ2) is 13.4. The zero-order chi connectivity index (χ0) is 11.4. The summed E-state index contributed by atoms with van der Waals surface area (Å²) in [5, 5.41) is 0. The van der Waals surface area contributed by atoms with Crippen LogP contribution in [0.3, 0.4) is 0 Å². The van der Waals surface area contributed by atoms with Crippen LogP contribution >= 0.6 is 37.2 Å². The van der Waals surface area contributed by atoms with Crippen molar-refractivity contribution in [3.8, 4) is 0 Å². The summed E-state index contributed by atoms with van der Waals surface area (Å²) in [6, 6.07) is 10.2. The van der Waals surface area contributed by atoms with Crippen LogP contribution in [0.2, 0.25) is 0 Å². The molecule has 0 aromatic heterocycles. The summed E-state index contributed by atoms with van der Waals surface area (Å²) in [7, 11) is 3.25. The molecule has 80 valence electrons. The van der Waals surface area contributed by atoms with Crippen LogP contribution < -0.4 is 0 Å². The average Bonchev–Trinajstić information content (AvgIpc) is 2.23. The second-order valence-electron chi connectivity index (χ2n) is 2.55. The van der Waals surface area contributed by atoms with Crippen molar-refractivity contribution in [3.05, 3.63) is 42.5 Å². The van der Waals surface area contributed by atoms with Crippen LogP contribution in [0.1, 0.15) is 12.5 Å². The monoisotopic (exact) mass is 418 g/mol. The van der Waals surface area contributed by atoms with Gasteiger partial charge in [0.05, 0.1) is 0 Å². The molecule has 0 spiro atoms. The van der Waals surface area contributed by atoms with Gasteiger partial charge in [-0.2, -0.15) is 0 Å². The van der Waals surface area contributed by atoms with Gasteiger partial charge in [-0.05, 0) is 12.5 Å². The Morgan fingerprint density at radius 1 is 1.14 bits per heavy atom. The number of hydrogen-bond acceptors (Lipinski definition) is 1. The molecule has 1 nitrogen and oxygen atoms in total. The number of hydrogen-bond donors (Lipinski definition) is 0. The van der Waals surface area contributed by atoms with E-state index in [1.165, 1.54) is 5.56 Å². The number of allylic oxidation sites excluding steroid dienone is 1. The van der Waals surface area contributed by atoms with Gasteiger partial charge < -0.3 is 4.74 Å². The lowest BCUT2D eigenvalue weighted by Crippen LogP contribution is -1.72. The van der Waals surface area contributed by atoms with Crippen molar-refractivity contribution >= 4 is 42.8 Å². The molecule has 0 bridgehead atoms. The Morgan fingerprint density at radius 3 is 1.71 bits per heavy atom. The molecule has 0 aliphatic heterocycles. The van der Waals surface area contributed by atoms with E-state index in [1.807, 2.05) is 25.1 Å². The molecule has 1 rings (SSSR count). The van der Waals surface area contributed by atoms with Gasteiger partial charge in [0.15, 0.2) is 0 Å². The third-order valence-electron chi connectivity index (χ3n) is 1.27. The average molecular weight is 418 g/mol. The minimum atomic E-state index is 1.12. The van der Waals surface area contributed by atoms with Gasteiger partial charge in [0.25, 0.3) is 0 Å². The predicted octanol–water partition coefficient (Wildman–Crippen LogP) is 4.75. The van der Waals surface area contributed by atoms with E-state index in [0.29, 0.717) is 0 Å². The third kappa shape index (κ3) is 10.5. The Bertz CT molecular complexity index is 222. The molecule has 0 heterocycles. The lowest BCUT2D eigenvalue weighted by molar-refractivity contribution is 0.277. The first-order valence-electron chi connectivity index (χ1n) is 3.97. The highest BCUT2D eigenvalue weighted by molar-refractivity contribution is 15.0. The van der Waals surface area contributed by atoms with Gasteiger partial charge in [-0.25, -0.2) is 0 Å². The smallest absolute Gasteiger partial charge is 0.0351 e. The minimum Gasteiger partial charge on any atom is -0.388 e. The van der Waals surface area contributed by atoms with E-state index in [1.54, 1.807) is 14.2 Å². The van der Waals surface area contributed by atoms with Crippen LogP contribution in [-0.4, -0.2) is 14.2 Å². The number of ether oxygens (including phenoxy) is 1. The zero-order valence-corrected chi connectivity index (χ0v) is 13.1. The Labute approximate surface area is 110 Å². The largest absolute Gasteiger partial charge is 0.388 e. The Balaban J connectivity index is 0. The number of benzene rings is 1. The summed E-state index contributed by atoms with van der Waals surface area (Å²) in [6.07, 6.45) is 0. The fourth-order valence-corrected chi connectivity index (χ4v) is 0.723. The molecule has 3 heteroatoms. The standard InChI is InChI=1S/C9H10.C2H6O.I2/c1-8(2)9-6-4-3-5-7-9;1-3-2;1-2/h3-7H,1H2,2H3;1-2H3;. The normalized spacial score (nSPS) is 7.50. The van der Waals surface area contributed by atoms with Crippen LogP contribution in [0.4, 0.5) is 0 Å². The summed E-state index contributed by atoms with van der Waals surface area (Å²) in [5.41, 5.74) is 2.34.